The third-order valence-corrected chi connectivity index (χ3v) is 6.58. The average molecular weight is 440 g/mol. The van der Waals surface area contributed by atoms with Gasteiger partial charge < -0.3 is 5.11 Å². The number of nitrogens with one attached hydrogen (secondary N) is 1. The van der Waals surface area contributed by atoms with Crippen LogP contribution in [0.25, 0.3) is 0 Å². The van der Waals surface area contributed by atoms with E-state index in [9.17, 15) is 21.6 Å². The van der Waals surface area contributed by atoms with Crippen molar-refractivity contribution in [1.29, 1.82) is 0 Å². The predicted molar refractivity (Wildman–Crippen MR) is 99.7 cm³/mol. The lowest BCUT2D eigenvalue weighted by molar-refractivity contribution is -0.192. The lowest BCUT2D eigenvalue weighted by Gasteiger charge is -2.37. The molecule has 3 rings (SSSR count). The maximum absolute atomic E-state index is 11.6. The van der Waals surface area contributed by atoms with Crippen molar-refractivity contribution in [3.63, 3.8) is 0 Å². The molecule has 0 radical (unpaired) electrons. The Bertz CT molecular complexity index is 776. The number of carboxylic acids is 1. The van der Waals surface area contributed by atoms with Crippen LogP contribution in [0, 0.1) is 0 Å². The molecular weight excluding hydrogens is 413 g/mol. The van der Waals surface area contributed by atoms with Crippen molar-refractivity contribution < 1.29 is 31.5 Å². The van der Waals surface area contributed by atoms with Crippen LogP contribution in [0.3, 0.4) is 0 Å². The molecule has 12 heteroatoms. The molecule has 29 heavy (non-hydrogen) atoms. The van der Waals surface area contributed by atoms with Crippen molar-refractivity contribution in [3.8, 4) is 0 Å². The zero-order valence-corrected chi connectivity index (χ0v) is 17.0. The number of carbonyl (C=O) groups is 1. The normalized spacial score (nSPS) is 20.8. The molecule has 0 amide bonds. The van der Waals surface area contributed by atoms with Crippen LogP contribution < -0.4 is 4.72 Å². The SMILES string of the molecule is CCS(=O)(=O)NCCC1CN(C2CCCC2)Cc2ccnn21.O=C(O)C(F)(F)F. The minimum Gasteiger partial charge on any atom is -0.475 e. The van der Waals surface area contributed by atoms with E-state index < -0.39 is 22.2 Å². The van der Waals surface area contributed by atoms with E-state index in [-0.39, 0.29) is 11.8 Å². The van der Waals surface area contributed by atoms with Gasteiger partial charge in [-0.15, -0.1) is 0 Å². The number of aliphatic carboxylic acids is 1. The molecule has 1 saturated carbocycles. The fourth-order valence-electron chi connectivity index (χ4n) is 3.66. The summed E-state index contributed by atoms with van der Waals surface area (Å²) < 4.78 is 59.6. The Labute approximate surface area is 168 Å². The topological polar surface area (TPSA) is 105 Å². The van der Waals surface area contributed by atoms with Crippen LogP contribution in [0.4, 0.5) is 13.2 Å². The number of nitrogens with zero attached hydrogens (tertiary/aromatic N) is 3. The molecule has 0 spiro atoms. The van der Waals surface area contributed by atoms with Crippen molar-refractivity contribution >= 4 is 16.0 Å². The van der Waals surface area contributed by atoms with Gasteiger partial charge in [0.2, 0.25) is 10.0 Å². The summed E-state index contributed by atoms with van der Waals surface area (Å²) in [6.45, 7) is 4.10. The largest absolute Gasteiger partial charge is 0.490 e. The highest BCUT2D eigenvalue weighted by Gasteiger charge is 2.38. The summed E-state index contributed by atoms with van der Waals surface area (Å²) in [5.41, 5.74) is 1.25. The van der Waals surface area contributed by atoms with E-state index in [1.54, 1.807) is 6.92 Å². The summed E-state index contributed by atoms with van der Waals surface area (Å²) in [5.74, 6) is -2.62. The van der Waals surface area contributed by atoms with Crippen molar-refractivity contribution in [2.45, 2.75) is 63.8 Å². The highest BCUT2D eigenvalue weighted by molar-refractivity contribution is 7.89. The van der Waals surface area contributed by atoms with Gasteiger partial charge in [0.15, 0.2) is 0 Å². The number of sulfonamides is 1. The van der Waals surface area contributed by atoms with E-state index in [0.717, 1.165) is 19.5 Å². The number of rotatable bonds is 6. The van der Waals surface area contributed by atoms with Gasteiger partial charge in [-0.2, -0.15) is 18.3 Å². The molecule has 166 valence electrons. The van der Waals surface area contributed by atoms with Gasteiger partial charge in [-0.3, -0.25) is 9.58 Å². The molecule has 0 aromatic carbocycles. The van der Waals surface area contributed by atoms with E-state index in [1.807, 2.05) is 6.20 Å². The number of halogens is 3. The van der Waals surface area contributed by atoms with Crippen molar-refractivity contribution in [1.82, 2.24) is 19.4 Å². The zero-order valence-electron chi connectivity index (χ0n) is 16.2. The Kier molecular flexibility index (Phi) is 8.06. The molecule has 2 N–H and O–H groups in total. The molecule has 0 bridgehead atoms. The molecule has 2 aliphatic rings. The third kappa shape index (κ3) is 6.96. The van der Waals surface area contributed by atoms with Gasteiger partial charge in [-0.1, -0.05) is 12.8 Å². The second-order valence-corrected chi connectivity index (χ2v) is 9.27. The number of carboxylic acid groups (broad SMARTS) is 1. The van der Waals surface area contributed by atoms with Crippen molar-refractivity contribution in [3.05, 3.63) is 18.0 Å². The van der Waals surface area contributed by atoms with Crippen LogP contribution in [0.2, 0.25) is 0 Å². The standard InChI is InChI=1S/C15H26N4O2S.C2HF3O2/c1-2-22(20,21)17-10-8-15-12-18(13-5-3-4-6-13)11-14-7-9-16-19(14)15;3-2(4,5)1(6)7/h7,9,13,15,17H,2-6,8,10-12H2,1H3;(H,6,7). The maximum atomic E-state index is 11.6. The van der Waals surface area contributed by atoms with Crippen LogP contribution in [-0.4, -0.2) is 65.2 Å². The molecule has 1 aromatic rings. The molecule has 1 aliphatic heterocycles. The highest BCUT2D eigenvalue weighted by atomic mass is 32.2. The van der Waals surface area contributed by atoms with Crippen molar-refractivity contribution in [2.75, 3.05) is 18.8 Å². The first kappa shape index (κ1) is 23.6. The molecular formula is C17H27F3N4O4S. The van der Waals surface area contributed by atoms with Crippen LogP contribution in [0.5, 0.6) is 0 Å². The highest BCUT2D eigenvalue weighted by Crippen LogP contribution is 2.30. The zero-order chi connectivity index (χ0) is 21.7. The smallest absolute Gasteiger partial charge is 0.475 e. The Morgan fingerprint density at radius 2 is 1.97 bits per heavy atom. The molecule has 8 nitrogen and oxygen atoms in total. The lowest BCUT2D eigenvalue weighted by Crippen LogP contribution is -2.43. The van der Waals surface area contributed by atoms with Gasteiger partial charge in [0, 0.05) is 31.9 Å². The van der Waals surface area contributed by atoms with Crippen LogP contribution >= 0.6 is 0 Å². The summed E-state index contributed by atoms with van der Waals surface area (Å²) in [6.07, 6.45) is 2.82. The number of fused-ring (bicyclic) bond motifs is 1. The van der Waals surface area contributed by atoms with Gasteiger partial charge in [0.25, 0.3) is 0 Å². The van der Waals surface area contributed by atoms with Gasteiger partial charge in [0.05, 0.1) is 17.5 Å². The van der Waals surface area contributed by atoms with Crippen LogP contribution in [0.1, 0.15) is 50.8 Å². The number of aromatic nitrogens is 2. The number of alkyl halides is 3. The molecule has 1 aromatic heterocycles. The Morgan fingerprint density at radius 3 is 2.52 bits per heavy atom. The molecule has 1 aliphatic carbocycles. The molecule has 1 unspecified atom stereocenters. The fraction of sp³-hybridized carbons (Fsp3) is 0.765. The lowest BCUT2D eigenvalue weighted by atomic mass is 10.1. The second-order valence-electron chi connectivity index (χ2n) is 7.18. The molecule has 1 atom stereocenters. The second kappa shape index (κ2) is 9.90. The number of hydrogen-bond acceptors (Lipinski definition) is 5. The Balaban J connectivity index is 0.000000370. The summed E-state index contributed by atoms with van der Waals surface area (Å²) in [4.78, 5) is 11.5. The summed E-state index contributed by atoms with van der Waals surface area (Å²) in [6, 6.07) is 3.04. The minimum absolute atomic E-state index is 0.138. The first-order valence-electron chi connectivity index (χ1n) is 9.57. The summed E-state index contributed by atoms with van der Waals surface area (Å²) in [5, 5.41) is 11.6. The van der Waals surface area contributed by atoms with Crippen LogP contribution in [0.15, 0.2) is 12.3 Å². The Hall–Kier alpha value is -1.66. The monoisotopic (exact) mass is 440 g/mol. The van der Waals surface area contributed by atoms with E-state index in [2.05, 4.69) is 25.5 Å². The average Bonchev–Trinajstić information content (AvgIpc) is 3.32. The third-order valence-electron chi connectivity index (χ3n) is 5.17. The fourth-order valence-corrected chi connectivity index (χ4v) is 4.29. The van der Waals surface area contributed by atoms with Crippen molar-refractivity contribution in [2.24, 2.45) is 0 Å². The van der Waals surface area contributed by atoms with E-state index in [1.165, 1.54) is 31.4 Å². The van der Waals surface area contributed by atoms with E-state index >= 15 is 0 Å². The first-order chi connectivity index (χ1) is 13.5. The maximum Gasteiger partial charge on any atom is 0.490 e. The van der Waals surface area contributed by atoms with Gasteiger partial charge in [-0.05, 0) is 32.3 Å². The van der Waals surface area contributed by atoms with Crippen LogP contribution in [-0.2, 0) is 21.4 Å². The quantitative estimate of drug-likeness (QED) is 0.702. The Morgan fingerprint density at radius 1 is 1.34 bits per heavy atom. The minimum atomic E-state index is -5.08. The molecule has 1 fully saturated rings. The summed E-state index contributed by atoms with van der Waals surface area (Å²) >= 11 is 0. The predicted octanol–water partition coefficient (Wildman–Crippen LogP) is 2.15. The first-order valence-corrected chi connectivity index (χ1v) is 11.2. The molecule has 0 saturated heterocycles. The van der Waals surface area contributed by atoms with Gasteiger partial charge >= 0.3 is 12.1 Å². The van der Waals surface area contributed by atoms with E-state index in [0.29, 0.717) is 12.6 Å². The molecule has 2 heterocycles. The number of hydrogen-bond donors (Lipinski definition) is 2. The summed E-state index contributed by atoms with van der Waals surface area (Å²) in [7, 11) is -3.11. The van der Waals surface area contributed by atoms with Gasteiger partial charge in [-0.25, -0.2) is 17.9 Å². The van der Waals surface area contributed by atoms with E-state index in [4.69, 9.17) is 9.90 Å². The van der Waals surface area contributed by atoms with Gasteiger partial charge in [0.1, 0.15) is 0 Å².